The lowest BCUT2D eigenvalue weighted by Gasteiger charge is -2.09. The molecule has 2 rings (SSSR count). The van der Waals surface area contributed by atoms with E-state index in [1.807, 2.05) is 30.3 Å². The summed E-state index contributed by atoms with van der Waals surface area (Å²) in [5.74, 6) is 1.58. The van der Waals surface area contributed by atoms with Crippen LogP contribution in [0.15, 0.2) is 53.4 Å². The molecule has 0 amide bonds. The van der Waals surface area contributed by atoms with Crippen molar-refractivity contribution in [1.29, 1.82) is 0 Å². The van der Waals surface area contributed by atoms with E-state index in [9.17, 15) is 10.1 Å². The molecular weight excluding hydrogens is 310 g/mol. The van der Waals surface area contributed by atoms with Crippen LogP contribution in [0.25, 0.3) is 0 Å². The Morgan fingerprint density at radius 1 is 1.19 bits per heavy atom. The molecule has 0 saturated heterocycles. The molecule has 2 aromatic carbocycles. The monoisotopic (exact) mass is 323 g/mol. The summed E-state index contributed by atoms with van der Waals surface area (Å²) in [6.45, 7) is 0.515. The van der Waals surface area contributed by atoms with Gasteiger partial charge in [0.25, 0.3) is 5.69 Å². The summed E-state index contributed by atoms with van der Waals surface area (Å²) in [6.07, 6.45) is 0. The third kappa shape index (κ3) is 4.65. The minimum absolute atomic E-state index is 0.0247. The number of alkyl halides is 1. The van der Waals surface area contributed by atoms with E-state index in [1.165, 1.54) is 17.0 Å². The molecule has 0 bridgehead atoms. The van der Waals surface area contributed by atoms with Crippen LogP contribution in [0.1, 0.15) is 5.56 Å². The lowest BCUT2D eigenvalue weighted by molar-refractivity contribution is -0.384. The van der Waals surface area contributed by atoms with Gasteiger partial charge in [0.1, 0.15) is 5.75 Å². The number of thioether (sulfide) groups is 1. The largest absolute Gasteiger partial charge is 0.492 e. The molecule has 0 aromatic heterocycles. The van der Waals surface area contributed by atoms with Gasteiger partial charge >= 0.3 is 0 Å². The first-order valence-corrected chi connectivity index (χ1v) is 7.86. The molecule has 0 aliphatic heterocycles. The molecular formula is C15H14ClNO3S. The van der Waals surface area contributed by atoms with Crippen LogP contribution >= 0.6 is 23.4 Å². The van der Waals surface area contributed by atoms with Crippen LogP contribution in [0.3, 0.4) is 0 Å². The summed E-state index contributed by atoms with van der Waals surface area (Å²) in [6, 6.07) is 14.5. The lowest BCUT2D eigenvalue weighted by Crippen LogP contribution is -2.02. The second-order valence-corrected chi connectivity index (χ2v) is 5.63. The fourth-order valence-corrected chi connectivity index (χ4v) is 2.71. The molecule has 0 N–H and O–H groups in total. The molecule has 0 radical (unpaired) electrons. The van der Waals surface area contributed by atoms with E-state index >= 15 is 0 Å². The molecule has 0 fully saturated rings. The SMILES string of the molecule is O=[N+]([O-])c1ccc(OCCSc2ccccc2)c(CCl)c1. The molecule has 0 aliphatic carbocycles. The molecule has 0 atom stereocenters. The molecule has 0 aliphatic rings. The molecule has 21 heavy (non-hydrogen) atoms. The van der Waals surface area contributed by atoms with Gasteiger partial charge < -0.3 is 4.74 Å². The second-order valence-electron chi connectivity index (χ2n) is 4.19. The highest BCUT2D eigenvalue weighted by molar-refractivity contribution is 7.99. The van der Waals surface area contributed by atoms with Gasteiger partial charge in [0, 0.05) is 28.3 Å². The van der Waals surface area contributed by atoms with Crippen molar-refractivity contribution < 1.29 is 9.66 Å². The van der Waals surface area contributed by atoms with Crippen LogP contribution in [0.4, 0.5) is 5.69 Å². The van der Waals surface area contributed by atoms with Gasteiger partial charge in [0.15, 0.2) is 0 Å². The van der Waals surface area contributed by atoms with Gasteiger partial charge in [-0.15, -0.1) is 23.4 Å². The number of nitro groups is 1. The summed E-state index contributed by atoms with van der Waals surface area (Å²) in [4.78, 5) is 11.5. The Hall–Kier alpha value is -1.72. The minimum atomic E-state index is -0.439. The summed E-state index contributed by atoms with van der Waals surface area (Å²) < 4.78 is 5.66. The number of halogens is 1. The minimum Gasteiger partial charge on any atom is -0.492 e. The van der Waals surface area contributed by atoms with E-state index in [1.54, 1.807) is 17.8 Å². The lowest BCUT2D eigenvalue weighted by atomic mass is 10.2. The zero-order valence-corrected chi connectivity index (χ0v) is 12.8. The molecule has 0 saturated carbocycles. The Morgan fingerprint density at radius 3 is 2.62 bits per heavy atom. The topological polar surface area (TPSA) is 52.4 Å². The molecule has 110 valence electrons. The van der Waals surface area contributed by atoms with Crippen molar-refractivity contribution >= 4 is 29.1 Å². The van der Waals surface area contributed by atoms with Gasteiger partial charge in [-0.05, 0) is 18.2 Å². The van der Waals surface area contributed by atoms with E-state index in [0.29, 0.717) is 17.9 Å². The number of non-ortho nitro benzene ring substituents is 1. The zero-order valence-electron chi connectivity index (χ0n) is 11.2. The first-order valence-electron chi connectivity index (χ1n) is 6.34. The van der Waals surface area contributed by atoms with E-state index < -0.39 is 4.92 Å². The fourth-order valence-electron chi connectivity index (χ4n) is 1.75. The molecule has 0 unspecified atom stereocenters. The number of nitro benzene ring substituents is 1. The van der Waals surface area contributed by atoms with Gasteiger partial charge in [-0.25, -0.2) is 0 Å². The molecule has 6 heteroatoms. The number of ether oxygens (including phenoxy) is 1. The van der Waals surface area contributed by atoms with Crippen molar-refractivity contribution in [2.75, 3.05) is 12.4 Å². The van der Waals surface area contributed by atoms with Gasteiger partial charge in [-0.3, -0.25) is 10.1 Å². The van der Waals surface area contributed by atoms with Crippen molar-refractivity contribution in [2.24, 2.45) is 0 Å². The van der Waals surface area contributed by atoms with Crippen molar-refractivity contribution in [1.82, 2.24) is 0 Å². The fraction of sp³-hybridized carbons (Fsp3) is 0.200. The first-order chi connectivity index (χ1) is 10.2. The van der Waals surface area contributed by atoms with Gasteiger partial charge in [0.2, 0.25) is 0 Å². The standard InChI is InChI=1S/C15H14ClNO3S/c16-11-12-10-13(17(18)19)6-7-15(12)20-8-9-21-14-4-2-1-3-5-14/h1-7,10H,8-9,11H2. The Bertz CT molecular complexity index is 607. The number of rotatable bonds is 7. The summed E-state index contributed by atoms with van der Waals surface area (Å²) >= 11 is 7.50. The highest BCUT2D eigenvalue weighted by Gasteiger charge is 2.11. The highest BCUT2D eigenvalue weighted by atomic mass is 35.5. The Balaban J connectivity index is 1.89. The maximum absolute atomic E-state index is 10.7. The summed E-state index contributed by atoms with van der Waals surface area (Å²) in [5, 5.41) is 10.7. The van der Waals surface area contributed by atoms with Crippen molar-refractivity contribution in [3.05, 3.63) is 64.2 Å². The number of benzene rings is 2. The predicted molar refractivity (Wildman–Crippen MR) is 85.3 cm³/mol. The normalized spacial score (nSPS) is 10.3. The van der Waals surface area contributed by atoms with Crippen LogP contribution in [-0.2, 0) is 5.88 Å². The number of hydrogen-bond donors (Lipinski definition) is 0. The average molecular weight is 324 g/mol. The third-order valence-electron chi connectivity index (χ3n) is 2.75. The van der Waals surface area contributed by atoms with Gasteiger partial charge in [-0.2, -0.15) is 0 Å². The maximum Gasteiger partial charge on any atom is 0.270 e. The third-order valence-corrected chi connectivity index (χ3v) is 4.02. The average Bonchev–Trinajstić information content (AvgIpc) is 2.52. The Kier molecular flexibility index (Phi) is 5.90. The molecule has 0 heterocycles. The Morgan fingerprint density at radius 2 is 1.95 bits per heavy atom. The van der Waals surface area contributed by atoms with Crippen LogP contribution in [0.2, 0.25) is 0 Å². The molecule has 0 spiro atoms. The highest BCUT2D eigenvalue weighted by Crippen LogP contribution is 2.26. The van der Waals surface area contributed by atoms with Crippen molar-refractivity contribution in [3.8, 4) is 5.75 Å². The van der Waals surface area contributed by atoms with Crippen LogP contribution in [-0.4, -0.2) is 17.3 Å². The van der Waals surface area contributed by atoms with Crippen molar-refractivity contribution in [2.45, 2.75) is 10.8 Å². The summed E-state index contributed by atoms with van der Waals surface area (Å²) in [7, 11) is 0. The zero-order chi connectivity index (χ0) is 15.1. The number of nitrogens with zero attached hydrogens (tertiary/aromatic N) is 1. The first kappa shape index (κ1) is 15.7. The van der Waals surface area contributed by atoms with Crippen LogP contribution in [0, 0.1) is 10.1 Å². The van der Waals surface area contributed by atoms with Crippen molar-refractivity contribution in [3.63, 3.8) is 0 Å². The number of hydrogen-bond acceptors (Lipinski definition) is 4. The van der Waals surface area contributed by atoms with E-state index in [4.69, 9.17) is 16.3 Å². The van der Waals surface area contributed by atoms with Gasteiger partial charge in [-0.1, -0.05) is 18.2 Å². The summed E-state index contributed by atoms with van der Waals surface area (Å²) in [5.41, 5.74) is 0.659. The van der Waals surface area contributed by atoms with Crippen LogP contribution in [0.5, 0.6) is 5.75 Å². The maximum atomic E-state index is 10.7. The quantitative estimate of drug-likeness (QED) is 0.247. The van der Waals surface area contributed by atoms with E-state index in [-0.39, 0.29) is 11.6 Å². The van der Waals surface area contributed by atoms with Gasteiger partial charge in [0.05, 0.1) is 17.4 Å². The molecule has 4 nitrogen and oxygen atoms in total. The van der Waals surface area contributed by atoms with E-state index in [2.05, 4.69) is 0 Å². The smallest absolute Gasteiger partial charge is 0.270 e. The second kappa shape index (κ2) is 7.90. The van der Waals surface area contributed by atoms with E-state index in [0.717, 1.165) is 5.75 Å². The molecule has 2 aromatic rings. The van der Waals surface area contributed by atoms with Crippen LogP contribution < -0.4 is 4.74 Å². The predicted octanol–water partition coefficient (Wildman–Crippen LogP) is 4.50. The Labute approximate surface area is 132 Å².